The molecule has 17 heavy (non-hydrogen) atoms. The fourth-order valence-electron chi connectivity index (χ4n) is 1.28. The topological polar surface area (TPSA) is 51.0 Å². The Balaban J connectivity index is 2.33. The normalized spacial score (nSPS) is 12.7. The van der Waals surface area contributed by atoms with Crippen molar-refractivity contribution < 1.29 is 8.81 Å². The van der Waals surface area contributed by atoms with Crippen molar-refractivity contribution >= 4 is 15.9 Å². The summed E-state index contributed by atoms with van der Waals surface area (Å²) in [4.78, 5) is 0. The minimum Gasteiger partial charge on any atom is -0.419 e. The van der Waals surface area contributed by atoms with Crippen LogP contribution in [0.1, 0.15) is 18.9 Å². The van der Waals surface area contributed by atoms with Gasteiger partial charge in [0.05, 0.1) is 10.5 Å². The number of hydrogen-bond acceptors (Lipinski definition) is 4. The van der Waals surface area contributed by atoms with E-state index < -0.39 is 0 Å². The molecule has 0 aliphatic rings. The molecule has 1 N–H and O–H groups in total. The van der Waals surface area contributed by atoms with E-state index >= 15 is 0 Å². The average Bonchev–Trinajstić information content (AvgIpc) is 2.81. The van der Waals surface area contributed by atoms with Gasteiger partial charge in [-0.3, -0.25) is 0 Å². The van der Waals surface area contributed by atoms with Gasteiger partial charge in [0, 0.05) is 5.56 Å². The summed E-state index contributed by atoms with van der Waals surface area (Å²) in [6, 6.07) is 4.65. The van der Waals surface area contributed by atoms with Crippen LogP contribution in [0, 0.1) is 5.82 Å². The maximum atomic E-state index is 13.3. The summed E-state index contributed by atoms with van der Waals surface area (Å²) in [5.41, 5.74) is 0.563. The first-order valence-electron chi connectivity index (χ1n) is 5.08. The van der Waals surface area contributed by atoms with Crippen LogP contribution in [0.4, 0.5) is 4.39 Å². The maximum absolute atomic E-state index is 13.3. The number of hydrogen-bond donors (Lipinski definition) is 1. The van der Waals surface area contributed by atoms with Gasteiger partial charge in [-0.2, -0.15) is 0 Å². The molecule has 0 aliphatic carbocycles. The summed E-state index contributed by atoms with van der Waals surface area (Å²) in [5.74, 6) is 0.434. The minimum atomic E-state index is -0.357. The van der Waals surface area contributed by atoms with Crippen molar-refractivity contribution in [2.75, 3.05) is 7.05 Å². The van der Waals surface area contributed by atoms with E-state index in [9.17, 15) is 4.39 Å². The van der Waals surface area contributed by atoms with Gasteiger partial charge in [-0.25, -0.2) is 4.39 Å². The third-order valence-corrected chi connectivity index (χ3v) is 3.05. The molecule has 2 aromatic rings. The standard InChI is InChI=1S/C11H11BrFN3O/c1-6(14-2)10-15-16-11(17-10)7-3-4-8(12)9(13)5-7/h3-6,14H,1-2H3. The van der Waals surface area contributed by atoms with Crippen molar-refractivity contribution in [3.05, 3.63) is 34.4 Å². The molecule has 0 saturated carbocycles. The maximum Gasteiger partial charge on any atom is 0.247 e. The van der Waals surface area contributed by atoms with E-state index in [1.54, 1.807) is 19.2 Å². The molecule has 1 unspecified atom stereocenters. The molecule has 0 amide bonds. The van der Waals surface area contributed by atoms with Gasteiger partial charge in [0.1, 0.15) is 5.82 Å². The number of aromatic nitrogens is 2. The van der Waals surface area contributed by atoms with E-state index in [1.165, 1.54) is 6.07 Å². The zero-order chi connectivity index (χ0) is 12.4. The Morgan fingerprint density at radius 1 is 1.41 bits per heavy atom. The first-order chi connectivity index (χ1) is 8.11. The molecule has 1 atom stereocenters. The molecule has 0 saturated heterocycles. The van der Waals surface area contributed by atoms with Crippen LogP contribution in [0.3, 0.4) is 0 Å². The van der Waals surface area contributed by atoms with E-state index in [-0.39, 0.29) is 11.9 Å². The molecule has 0 bridgehead atoms. The van der Waals surface area contributed by atoms with Gasteiger partial charge in [0.2, 0.25) is 11.8 Å². The lowest BCUT2D eigenvalue weighted by atomic mass is 10.2. The van der Waals surface area contributed by atoms with Crippen molar-refractivity contribution in [3.8, 4) is 11.5 Å². The van der Waals surface area contributed by atoms with Crippen molar-refractivity contribution in [1.82, 2.24) is 15.5 Å². The first kappa shape index (κ1) is 12.2. The number of nitrogens with one attached hydrogen (secondary N) is 1. The molecular formula is C11H11BrFN3O. The van der Waals surface area contributed by atoms with Gasteiger partial charge in [0.15, 0.2) is 0 Å². The lowest BCUT2D eigenvalue weighted by molar-refractivity contribution is 0.441. The van der Waals surface area contributed by atoms with Crippen molar-refractivity contribution in [1.29, 1.82) is 0 Å². The SMILES string of the molecule is CNC(C)c1nnc(-c2ccc(Br)c(F)c2)o1. The molecule has 0 spiro atoms. The van der Waals surface area contributed by atoms with Gasteiger partial charge >= 0.3 is 0 Å². The zero-order valence-electron chi connectivity index (χ0n) is 9.37. The van der Waals surface area contributed by atoms with E-state index in [1.807, 2.05) is 6.92 Å². The van der Waals surface area contributed by atoms with Crippen LogP contribution in [-0.4, -0.2) is 17.2 Å². The van der Waals surface area contributed by atoms with Crippen LogP contribution >= 0.6 is 15.9 Å². The third kappa shape index (κ3) is 2.53. The van der Waals surface area contributed by atoms with Crippen molar-refractivity contribution in [2.45, 2.75) is 13.0 Å². The molecule has 1 aromatic heterocycles. The van der Waals surface area contributed by atoms with E-state index in [2.05, 4.69) is 31.4 Å². The number of halogens is 2. The van der Waals surface area contributed by atoms with Gasteiger partial charge in [-0.05, 0) is 48.1 Å². The highest BCUT2D eigenvalue weighted by atomic mass is 79.9. The van der Waals surface area contributed by atoms with Crippen LogP contribution in [0.15, 0.2) is 27.1 Å². The monoisotopic (exact) mass is 299 g/mol. The summed E-state index contributed by atoms with van der Waals surface area (Å²) < 4.78 is 19.2. The summed E-state index contributed by atoms with van der Waals surface area (Å²) >= 11 is 3.09. The van der Waals surface area contributed by atoms with Gasteiger partial charge < -0.3 is 9.73 Å². The highest BCUT2D eigenvalue weighted by Gasteiger charge is 2.14. The molecule has 0 radical (unpaired) electrons. The highest BCUT2D eigenvalue weighted by Crippen LogP contribution is 2.24. The molecular weight excluding hydrogens is 289 g/mol. The number of benzene rings is 1. The third-order valence-electron chi connectivity index (χ3n) is 2.41. The summed E-state index contributed by atoms with van der Waals surface area (Å²) in [5, 5.41) is 10.8. The summed E-state index contributed by atoms with van der Waals surface area (Å²) in [7, 11) is 1.80. The lowest BCUT2D eigenvalue weighted by Crippen LogP contribution is -2.12. The molecule has 0 fully saturated rings. The highest BCUT2D eigenvalue weighted by molar-refractivity contribution is 9.10. The first-order valence-corrected chi connectivity index (χ1v) is 5.87. The van der Waals surface area contributed by atoms with Gasteiger partial charge in [-0.15, -0.1) is 10.2 Å². The second-order valence-electron chi connectivity index (χ2n) is 3.58. The smallest absolute Gasteiger partial charge is 0.247 e. The average molecular weight is 300 g/mol. The molecule has 1 heterocycles. The fraction of sp³-hybridized carbons (Fsp3) is 0.273. The molecule has 2 rings (SSSR count). The van der Waals surface area contributed by atoms with Crippen molar-refractivity contribution in [3.63, 3.8) is 0 Å². The Morgan fingerprint density at radius 2 is 2.18 bits per heavy atom. The largest absolute Gasteiger partial charge is 0.419 e. The molecule has 1 aromatic carbocycles. The Morgan fingerprint density at radius 3 is 2.82 bits per heavy atom. The Kier molecular flexibility index (Phi) is 3.54. The van der Waals surface area contributed by atoms with Crippen LogP contribution in [-0.2, 0) is 0 Å². The van der Waals surface area contributed by atoms with Crippen LogP contribution in [0.2, 0.25) is 0 Å². The van der Waals surface area contributed by atoms with Crippen molar-refractivity contribution in [2.24, 2.45) is 0 Å². The quantitative estimate of drug-likeness (QED) is 0.947. The van der Waals surface area contributed by atoms with E-state index in [0.717, 1.165) is 0 Å². The minimum absolute atomic E-state index is 0.0310. The summed E-state index contributed by atoms with van der Waals surface area (Å²) in [6.07, 6.45) is 0. The second kappa shape index (κ2) is 4.93. The van der Waals surface area contributed by atoms with Gasteiger partial charge in [0.25, 0.3) is 0 Å². The van der Waals surface area contributed by atoms with E-state index in [4.69, 9.17) is 4.42 Å². The molecule has 4 nitrogen and oxygen atoms in total. The van der Waals surface area contributed by atoms with E-state index in [0.29, 0.717) is 21.8 Å². The lowest BCUT2D eigenvalue weighted by Gasteiger charge is -2.02. The van der Waals surface area contributed by atoms with Gasteiger partial charge in [-0.1, -0.05) is 0 Å². The molecule has 6 heteroatoms. The van der Waals surface area contributed by atoms with Crippen LogP contribution < -0.4 is 5.32 Å². The number of rotatable bonds is 3. The molecule has 0 aliphatic heterocycles. The Hall–Kier alpha value is -1.27. The predicted molar refractivity (Wildman–Crippen MR) is 64.9 cm³/mol. The summed E-state index contributed by atoms with van der Waals surface area (Å²) in [6.45, 7) is 1.90. The number of nitrogens with zero attached hydrogens (tertiary/aromatic N) is 2. The zero-order valence-corrected chi connectivity index (χ0v) is 11.0. The molecule has 90 valence electrons. The Bertz CT molecular complexity index is 529. The second-order valence-corrected chi connectivity index (χ2v) is 4.44. The fourth-order valence-corrected chi connectivity index (χ4v) is 1.53. The Labute approximate surface area is 106 Å². The predicted octanol–water partition coefficient (Wildman–Crippen LogP) is 2.92. The van der Waals surface area contributed by atoms with Crippen LogP contribution in [0.5, 0.6) is 0 Å². The van der Waals surface area contributed by atoms with Crippen LogP contribution in [0.25, 0.3) is 11.5 Å².